The van der Waals surface area contributed by atoms with Crippen molar-refractivity contribution in [2.24, 2.45) is 5.73 Å². The van der Waals surface area contributed by atoms with E-state index in [1.54, 1.807) is 30.3 Å². The zero-order valence-electron chi connectivity index (χ0n) is 20.1. The molecule has 0 radical (unpaired) electrons. The van der Waals surface area contributed by atoms with Crippen molar-refractivity contribution in [3.05, 3.63) is 47.8 Å². The highest BCUT2D eigenvalue weighted by Crippen LogP contribution is 2.30. The highest BCUT2D eigenvalue weighted by atomic mass is 19.4. The molecule has 0 unspecified atom stereocenters. The predicted molar refractivity (Wildman–Crippen MR) is 132 cm³/mol. The number of carbonyl (C=O) groups excluding carboxylic acids is 1. The van der Waals surface area contributed by atoms with Crippen molar-refractivity contribution in [3.8, 4) is 11.3 Å². The van der Waals surface area contributed by atoms with E-state index in [1.165, 1.54) is 11.2 Å². The van der Waals surface area contributed by atoms with Crippen LogP contribution in [0.2, 0.25) is 0 Å². The molecule has 0 saturated carbocycles. The molecule has 2 aromatic heterocycles. The van der Waals surface area contributed by atoms with Crippen molar-refractivity contribution < 1.29 is 22.7 Å². The zero-order chi connectivity index (χ0) is 26.0. The molecule has 2 atom stereocenters. The summed E-state index contributed by atoms with van der Waals surface area (Å²) in [7, 11) is 0. The summed E-state index contributed by atoms with van der Waals surface area (Å²) < 4.78 is 45.3. The van der Waals surface area contributed by atoms with Crippen LogP contribution in [-0.2, 0) is 11.3 Å². The van der Waals surface area contributed by atoms with Crippen molar-refractivity contribution in [2.75, 3.05) is 38.2 Å². The van der Waals surface area contributed by atoms with E-state index in [9.17, 15) is 18.0 Å². The van der Waals surface area contributed by atoms with Crippen molar-refractivity contribution in [2.45, 2.75) is 37.6 Å². The number of amides is 1. The molecule has 0 aliphatic carbocycles. The molecule has 37 heavy (non-hydrogen) atoms. The molecule has 196 valence electrons. The van der Waals surface area contributed by atoms with Crippen molar-refractivity contribution in [1.29, 1.82) is 0 Å². The molecule has 1 amide bonds. The standard InChI is InChI=1S/C25H28F3N7O2/c26-25(27,28)20-13-37-9-8-35(20)12-15-3-5-16(6-4-15)19-10-18(23(29)36)21-22(34-19)24(32-14-31-21)33-17-2-1-7-30-11-17/h3-6,10,14,17,20,30H,1-2,7-9,11-13H2,(H2,29,36)(H,31,32,33)/t17-,20+/m0/s1. The number of rotatable bonds is 6. The van der Waals surface area contributed by atoms with Gasteiger partial charge in [-0.3, -0.25) is 9.69 Å². The molecule has 9 nitrogen and oxygen atoms in total. The Balaban J connectivity index is 1.44. The quantitative estimate of drug-likeness (QED) is 0.459. The Bertz CT molecular complexity index is 1260. The van der Waals surface area contributed by atoms with E-state index in [1.807, 2.05) is 0 Å². The largest absolute Gasteiger partial charge is 0.406 e. The summed E-state index contributed by atoms with van der Waals surface area (Å²) in [6, 6.07) is 7.20. The number of ether oxygens (including phenoxy) is 1. The van der Waals surface area contributed by atoms with Gasteiger partial charge in [0.1, 0.15) is 23.4 Å². The van der Waals surface area contributed by atoms with Crippen molar-refractivity contribution in [3.63, 3.8) is 0 Å². The van der Waals surface area contributed by atoms with Crippen molar-refractivity contribution in [1.82, 2.24) is 25.2 Å². The predicted octanol–water partition coefficient (Wildman–Crippen LogP) is 2.72. The number of alkyl halides is 3. The number of aromatic nitrogens is 3. The fraction of sp³-hybridized carbons (Fsp3) is 0.440. The van der Waals surface area contributed by atoms with Crippen LogP contribution in [-0.4, -0.2) is 76.9 Å². The van der Waals surface area contributed by atoms with Crippen LogP contribution in [0.15, 0.2) is 36.7 Å². The number of benzene rings is 1. The van der Waals surface area contributed by atoms with E-state index in [0.717, 1.165) is 31.5 Å². The molecular formula is C25H28F3N7O2. The number of halogens is 3. The van der Waals surface area contributed by atoms with Crippen LogP contribution in [0, 0.1) is 0 Å². The number of pyridine rings is 1. The van der Waals surface area contributed by atoms with Gasteiger partial charge >= 0.3 is 6.18 Å². The molecule has 2 saturated heterocycles. The first-order valence-electron chi connectivity index (χ1n) is 12.2. The van der Waals surface area contributed by atoms with E-state index in [4.69, 9.17) is 15.5 Å². The first kappa shape index (κ1) is 25.3. The highest BCUT2D eigenvalue weighted by molar-refractivity contribution is 6.06. The lowest BCUT2D eigenvalue weighted by atomic mass is 10.0. The number of piperidine rings is 1. The lowest BCUT2D eigenvalue weighted by Crippen LogP contribution is -2.52. The molecule has 4 heterocycles. The van der Waals surface area contributed by atoms with Gasteiger partial charge in [-0.25, -0.2) is 15.0 Å². The molecular weight excluding hydrogens is 487 g/mol. The van der Waals surface area contributed by atoms with Gasteiger partial charge in [-0.1, -0.05) is 24.3 Å². The molecule has 12 heteroatoms. The normalized spacial score (nSPS) is 21.2. The number of carbonyl (C=O) groups is 1. The summed E-state index contributed by atoms with van der Waals surface area (Å²) in [6.07, 6.45) is -0.974. The van der Waals surface area contributed by atoms with Gasteiger partial charge in [0.2, 0.25) is 0 Å². The summed E-state index contributed by atoms with van der Waals surface area (Å²) in [5.41, 5.74) is 8.60. The third-order valence-electron chi connectivity index (χ3n) is 6.75. The first-order valence-corrected chi connectivity index (χ1v) is 12.2. The van der Waals surface area contributed by atoms with Crippen LogP contribution in [0.4, 0.5) is 19.0 Å². The smallest absolute Gasteiger partial charge is 0.378 e. The van der Waals surface area contributed by atoms with Crippen LogP contribution >= 0.6 is 0 Å². The lowest BCUT2D eigenvalue weighted by Gasteiger charge is -2.36. The number of nitrogens with one attached hydrogen (secondary N) is 2. The number of hydrogen-bond acceptors (Lipinski definition) is 8. The number of anilines is 1. The maximum Gasteiger partial charge on any atom is 0.406 e. The Morgan fingerprint density at radius 3 is 2.73 bits per heavy atom. The topological polar surface area (TPSA) is 118 Å². The number of hydrogen-bond donors (Lipinski definition) is 3. The third-order valence-corrected chi connectivity index (χ3v) is 6.75. The van der Waals surface area contributed by atoms with E-state index >= 15 is 0 Å². The minimum absolute atomic E-state index is 0.142. The van der Waals surface area contributed by atoms with Crippen LogP contribution in [0.25, 0.3) is 22.3 Å². The van der Waals surface area contributed by atoms with Gasteiger partial charge in [-0.2, -0.15) is 13.2 Å². The number of nitrogens with two attached hydrogens (primary N) is 1. The van der Waals surface area contributed by atoms with Crippen LogP contribution in [0.3, 0.4) is 0 Å². The summed E-state index contributed by atoms with van der Waals surface area (Å²) in [4.78, 5) is 27.0. The van der Waals surface area contributed by atoms with Gasteiger partial charge in [0, 0.05) is 31.2 Å². The number of nitrogens with zero attached hydrogens (tertiary/aromatic N) is 4. The maximum absolute atomic E-state index is 13.4. The second kappa shape index (κ2) is 10.6. The SMILES string of the molecule is NC(=O)c1cc(-c2ccc(CN3CCOC[C@@H]3C(F)(F)F)cc2)nc2c(N[C@H]3CCCNC3)ncnc12. The molecule has 5 rings (SSSR count). The second-order valence-electron chi connectivity index (χ2n) is 9.33. The first-order chi connectivity index (χ1) is 17.8. The van der Waals surface area contributed by atoms with Gasteiger partial charge in [0.05, 0.1) is 24.5 Å². The van der Waals surface area contributed by atoms with E-state index in [0.29, 0.717) is 28.1 Å². The Hall–Kier alpha value is -3.35. The minimum Gasteiger partial charge on any atom is -0.378 e. The van der Waals surface area contributed by atoms with Gasteiger partial charge in [-0.15, -0.1) is 0 Å². The minimum atomic E-state index is -4.36. The summed E-state index contributed by atoms with van der Waals surface area (Å²) in [6.45, 7) is 1.99. The number of fused-ring (bicyclic) bond motifs is 1. The number of primary amides is 1. The highest BCUT2D eigenvalue weighted by Gasteiger charge is 2.45. The van der Waals surface area contributed by atoms with Gasteiger partial charge in [0.15, 0.2) is 5.82 Å². The maximum atomic E-state index is 13.4. The Labute approximate surface area is 211 Å². The van der Waals surface area contributed by atoms with Crippen LogP contribution < -0.4 is 16.4 Å². The Morgan fingerprint density at radius 2 is 2.03 bits per heavy atom. The van der Waals surface area contributed by atoms with Gasteiger partial charge in [-0.05, 0) is 31.0 Å². The van der Waals surface area contributed by atoms with Gasteiger partial charge < -0.3 is 21.1 Å². The van der Waals surface area contributed by atoms with E-state index in [-0.39, 0.29) is 37.9 Å². The summed E-state index contributed by atoms with van der Waals surface area (Å²) >= 11 is 0. The second-order valence-corrected chi connectivity index (χ2v) is 9.33. The zero-order valence-corrected chi connectivity index (χ0v) is 20.1. The molecule has 3 aromatic rings. The summed E-state index contributed by atoms with van der Waals surface area (Å²) in [5, 5.41) is 6.75. The number of morpholine rings is 1. The molecule has 1 aromatic carbocycles. The Morgan fingerprint density at radius 1 is 1.22 bits per heavy atom. The molecule has 0 spiro atoms. The van der Waals surface area contributed by atoms with Crippen LogP contribution in [0.5, 0.6) is 0 Å². The van der Waals surface area contributed by atoms with Crippen LogP contribution in [0.1, 0.15) is 28.8 Å². The molecule has 2 aliphatic heterocycles. The van der Waals surface area contributed by atoms with Crippen molar-refractivity contribution >= 4 is 22.8 Å². The molecule has 0 bridgehead atoms. The third kappa shape index (κ3) is 5.65. The molecule has 2 aliphatic rings. The van der Waals surface area contributed by atoms with Gasteiger partial charge in [0.25, 0.3) is 5.91 Å². The monoisotopic (exact) mass is 515 g/mol. The van der Waals surface area contributed by atoms with E-state index < -0.39 is 18.1 Å². The summed E-state index contributed by atoms with van der Waals surface area (Å²) in [5.74, 6) is -0.120. The lowest BCUT2D eigenvalue weighted by molar-refractivity contribution is -0.213. The fourth-order valence-corrected chi connectivity index (χ4v) is 4.79. The average Bonchev–Trinajstić information content (AvgIpc) is 2.89. The fourth-order valence-electron chi connectivity index (χ4n) is 4.79. The Kier molecular flexibility index (Phi) is 7.22. The molecule has 4 N–H and O–H groups in total. The van der Waals surface area contributed by atoms with E-state index in [2.05, 4.69) is 20.6 Å². The average molecular weight is 516 g/mol. The molecule has 2 fully saturated rings.